The number of hydrogen-bond acceptors (Lipinski definition) is 2. The number of nitrogens with zero attached hydrogens (tertiary/aromatic N) is 1. The highest BCUT2D eigenvalue weighted by molar-refractivity contribution is 5.78. The van der Waals surface area contributed by atoms with E-state index in [0.29, 0.717) is 0 Å². The van der Waals surface area contributed by atoms with Crippen LogP contribution in [0.4, 0.5) is 0 Å². The van der Waals surface area contributed by atoms with Crippen molar-refractivity contribution >= 4 is 12.4 Å². The van der Waals surface area contributed by atoms with E-state index in [4.69, 9.17) is 0 Å². The molecular formula is C16H19NO. The number of allylic oxidation sites excluding steroid dienone is 2. The zero-order valence-electron chi connectivity index (χ0n) is 11.0. The van der Waals surface area contributed by atoms with Gasteiger partial charge in [-0.25, -0.2) is 0 Å². The number of benzene rings is 1. The summed E-state index contributed by atoms with van der Waals surface area (Å²) in [7, 11) is 4.01. The van der Waals surface area contributed by atoms with Crippen LogP contribution in [0.1, 0.15) is 24.8 Å². The second kappa shape index (κ2) is 5.67. The van der Waals surface area contributed by atoms with Crippen molar-refractivity contribution in [1.82, 2.24) is 4.90 Å². The molecule has 1 aliphatic carbocycles. The standard InChI is InChI=1S/C16H19NO/c1-17(2)16-14(9-6-10-15(16)12-18)11-13-7-4-3-5-8-13/h3-5,7-8,11-12H,6,9-10H2,1-2H3. The van der Waals surface area contributed by atoms with E-state index in [1.165, 1.54) is 11.1 Å². The van der Waals surface area contributed by atoms with Gasteiger partial charge in [0.25, 0.3) is 0 Å². The van der Waals surface area contributed by atoms with Crippen molar-refractivity contribution in [2.45, 2.75) is 19.3 Å². The third-order valence-corrected chi connectivity index (χ3v) is 3.23. The largest absolute Gasteiger partial charge is 0.377 e. The monoisotopic (exact) mass is 241 g/mol. The van der Waals surface area contributed by atoms with Crippen LogP contribution in [0.15, 0.2) is 47.2 Å². The normalized spacial score (nSPS) is 18.0. The predicted molar refractivity (Wildman–Crippen MR) is 75.0 cm³/mol. The predicted octanol–water partition coefficient (Wildman–Crippen LogP) is 3.27. The van der Waals surface area contributed by atoms with Gasteiger partial charge >= 0.3 is 0 Å². The molecule has 18 heavy (non-hydrogen) atoms. The number of carbonyl (C=O) groups excluding carboxylic acids is 1. The van der Waals surface area contributed by atoms with E-state index in [1.54, 1.807) is 0 Å². The highest BCUT2D eigenvalue weighted by atomic mass is 16.1. The molecule has 0 saturated carbocycles. The average molecular weight is 241 g/mol. The van der Waals surface area contributed by atoms with Crippen LogP contribution in [0.25, 0.3) is 6.08 Å². The van der Waals surface area contributed by atoms with Crippen LogP contribution in [0.5, 0.6) is 0 Å². The van der Waals surface area contributed by atoms with Crippen LogP contribution in [-0.4, -0.2) is 25.3 Å². The Hall–Kier alpha value is -1.83. The minimum atomic E-state index is 0.892. The summed E-state index contributed by atoms with van der Waals surface area (Å²) in [6.45, 7) is 0. The summed E-state index contributed by atoms with van der Waals surface area (Å²) in [4.78, 5) is 13.2. The Morgan fingerprint density at radius 2 is 1.83 bits per heavy atom. The fourth-order valence-corrected chi connectivity index (χ4v) is 2.49. The lowest BCUT2D eigenvalue weighted by Crippen LogP contribution is -2.19. The molecule has 0 N–H and O–H groups in total. The molecular weight excluding hydrogens is 222 g/mol. The minimum absolute atomic E-state index is 0.892. The van der Waals surface area contributed by atoms with Gasteiger partial charge in [-0.15, -0.1) is 0 Å². The Morgan fingerprint density at radius 1 is 1.11 bits per heavy atom. The van der Waals surface area contributed by atoms with E-state index in [9.17, 15) is 4.79 Å². The molecule has 1 aromatic carbocycles. The van der Waals surface area contributed by atoms with Crippen LogP contribution < -0.4 is 0 Å². The second-order valence-electron chi connectivity index (χ2n) is 4.82. The van der Waals surface area contributed by atoms with Gasteiger partial charge in [0, 0.05) is 25.4 Å². The van der Waals surface area contributed by atoms with E-state index in [2.05, 4.69) is 23.1 Å². The molecule has 0 amide bonds. The Morgan fingerprint density at radius 3 is 2.44 bits per heavy atom. The number of likely N-dealkylation sites (N-methyl/N-ethyl adjacent to an activating group) is 1. The highest BCUT2D eigenvalue weighted by Gasteiger charge is 2.18. The van der Waals surface area contributed by atoms with Crippen molar-refractivity contribution in [3.05, 3.63) is 52.7 Å². The average Bonchev–Trinajstić information content (AvgIpc) is 2.39. The maximum Gasteiger partial charge on any atom is 0.148 e. The molecule has 0 saturated heterocycles. The lowest BCUT2D eigenvalue weighted by Gasteiger charge is -2.26. The Kier molecular flexibility index (Phi) is 3.98. The summed E-state index contributed by atoms with van der Waals surface area (Å²) in [6.07, 6.45) is 6.19. The van der Waals surface area contributed by atoms with Crippen molar-refractivity contribution in [2.24, 2.45) is 0 Å². The van der Waals surface area contributed by atoms with E-state index in [1.807, 2.05) is 32.3 Å². The lowest BCUT2D eigenvalue weighted by molar-refractivity contribution is -0.105. The second-order valence-corrected chi connectivity index (χ2v) is 4.82. The van der Waals surface area contributed by atoms with Crippen LogP contribution in [0.3, 0.4) is 0 Å². The zero-order chi connectivity index (χ0) is 13.0. The van der Waals surface area contributed by atoms with Gasteiger partial charge in [0.05, 0.1) is 0 Å². The summed E-state index contributed by atoms with van der Waals surface area (Å²) in [5.74, 6) is 0. The van der Waals surface area contributed by atoms with Gasteiger partial charge in [0.1, 0.15) is 6.29 Å². The molecule has 0 radical (unpaired) electrons. The molecule has 0 bridgehead atoms. The summed E-state index contributed by atoms with van der Waals surface area (Å²) < 4.78 is 0. The van der Waals surface area contributed by atoms with Crippen molar-refractivity contribution in [3.8, 4) is 0 Å². The zero-order valence-corrected chi connectivity index (χ0v) is 11.0. The van der Waals surface area contributed by atoms with Gasteiger partial charge in [-0.1, -0.05) is 30.3 Å². The fourth-order valence-electron chi connectivity index (χ4n) is 2.49. The van der Waals surface area contributed by atoms with Crippen LogP contribution in [0, 0.1) is 0 Å². The Labute approximate surface area is 109 Å². The van der Waals surface area contributed by atoms with Gasteiger partial charge in [-0.3, -0.25) is 4.79 Å². The van der Waals surface area contributed by atoms with Crippen molar-refractivity contribution in [2.75, 3.05) is 14.1 Å². The number of carbonyl (C=O) groups is 1. The molecule has 0 aromatic heterocycles. The van der Waals surface area contributed by atoms with E-state index < -0.39 is 0 Å². The molecule has 2 nitrogen and oxygen atoms in total. The summed E-state index contributed by atoms with van der Waals surface area (Å²) in [6, 6.07) is 10.3. The molecule has 0 unspecified atom stereocenters. The summed E-state index contributed by atoms with van der Waals surface area (Å²) in [5.41, 5.74) is 4.48. The lowest BCUT2D eigenvalue weighted by atomic mass is 9.90. The number of aldehydes is 1. The molecule has 2 rings (SSSR count). The van der Waals surface area contributed by atoms with E-state index in [0.717, 1.165) is 36.8 Å². The molecule has 0 spiro atoms. The molecule has 2 heteroatoms. The first kappa shape index (κ1) is 12.6. The molecule has 94 valence electrons. The third-order valence-electron chi connectivity index (χ3n) is 3.23. The van der Waals surface area contributed by atoms with Crippen LogP contribution in [0.2, 0.25) is 0 Å². The third kappa shape index (κ3) is 2.70. The Bertz CT molecular complexity index is 483. The van der Waals surface area contributed by atoms with E-state index in [-0.39, 0.29) is 0 Å². The Balaban J connectivity index is 2.43. The van der Waals surface area contributed by atoms with Crippen molar-refractivity contribution in [1.29, 1.82) is 0 Å². The quantitative estimate of drug-likeness (QED) is 0.757. The van der Waals surface area contributed by atoms with Crippen molar-refractivity contribution < 1.29 is 4.79 Å². The maximum absolute atomic E-state index is 11.2. The smallest absolute Gasteiger partial charge is 0.148 e. The van der Waals surface area contributed by atoms with Gasteiger partial charge in [0.2, 0.25) is 0 Å². The topological polar surface area (TPSA) is 20.3 Å². The van der Waals surface area contributed by atoms with Crippen LogP contribution in [-0.2, 0) is 4.79 Å². The number of hydrogen-bond donors (Lipinski definition) is 0. The van der Waals surface area contributed by atoms with Gasteiger partial charge in [0.15, 0.2) is 0 Å². The SMILES string of the molecule is CN(C)C1=C(C=O)CCCC1=Cc1ccccc1. The highest BCUT2D eigenvalue weighted by Crippen LogP contribution is 2.31. The molecule has 0 fully saturated rings. The summed E-state index contributed by atoms with van der Waals surface area (Å²) >= 11 is 0. The summed E-state index contributed by atoms with van der Waals surface area (Å²) in [5, 5.41) is 0. The van der Waals surface area contributed by atoms with Gasteiger partial charge in [-0.2, -0.15) is 0 Å². The van der Waals surface area contributed by atoms with Crippen molar-refractivity contribution in [3.63, 3.8) is 0 Å². The van der Waals surface area contributed by atoms with Gasteiger partial charge in [-0.05, 0) is 36.5 Å². The number of rotatable bonds is 3. The first-order valence-electron chi connectivity index (χ1n) is 6.34. The van der Waals surface area contributed by atoms with E-state index >= 15 is 0 Å². The molecule has 0 heterocycles. The molecule has 0 aliphatic heterocycles. The first-order chi connectivity index (χ1) is 8.72. The van der Waals surface area contributed by atoms with Gasteiger partial charge < -0.3 is 4.90 Å². The molecule has 1 aliphatic rings. The maximum atomic E-state index is 11.2. The molecule has 0 atom stereocenters. The minimum Gasteiger partial charge on any atom is -0.377 e. The van der Waals surface area contributed by atoms with Crippen LogP contribution >= 0.6 is 0 Å². The molecule has 1 aromatic rings. The fraction of sp³-hybridized carbons (Fsp3) is 0.312. The first-order valence-corrected chi connectivity index (χ1v) is 6.34.